The first kappa shape index (κ1) is 60.9. The van der Waals surface area contributed by atoms with Gasteiger partial charge in [-0.05, 0) is 142 Å². The summed E-state index contributed by atoms with van der Waals surface area (Å²) in [5.41, 5.74) is 18.0. The largest absolute Gasteiger partial charge is 0.309 e. The van der Waals surface area contributed by atoms with Crippen LogP contribution in [0.25, 0.3) is 177 Å². The second-order valence-electron chi connectivity index (χ2n) is 28.6. The lowest BCUT2D eigenvalue weighted by Crippen LogP contribution is -2.74. The molecule has 0 aliphatic heterocycles. The molecule has 109 heavy (non-hydrogen) atoms. The van der Waals surface area contributed by atoms with Crippen molar-refractivity contribution in [1.29, 1.82) is 0 Å². The molecule has 0 radical (unpaired) electrons. The van der Waals surface area contributed by atoms with E-state index < -0.39 is 8.07 Å². The van der Waals surface area contributed by atoms with E-state index >= 15 is 0 Å². The Kier molecular flexibility index (Phi) is 13.3. The minimum atomic E-state index is -2.95. The minimum absolute atomic E-state index is 0.485. The Labute approximate surface area is 626 Å². The second-order valence-corrected chi connectivity index (χ2v) is 32.4. The van der Waals surface area contributed by atoms with Gasteiger partial charge >= 0.3 is 0 Å². The van der Waals surface area contributed by atoms with Gasteiger partial charge in [0.05, 0.1) is 66.2 Å². The van der Waals surface area contributed by atoms with Gasteiger partial charge in [0, 0.05) is 92.9 Å². The van der Waals surface area contributed by atoms with Gasteiger partial charge in [-0.25, -0.2) is 0 Å². The molecule has 7 aromatic heterocycles. The number of para-hydroxylation sites is 8. The molecule has 508 valence electrons. The number of hydrogen-bond donors (Lipinski definition) is 0. The van der Waals surface area contributed by atoms with Gasteiger partial charge in [-0.15, -0.1) is 0 Å². The van der Waals surface area contributed by atoms with E-state index in [0.29, 0.717) is 17.7 Å². The summed E-state index contributed by atoms with van der Waals surface area (Å²) in [6, 6.07) is 140. The maximum atomic E-state index is 5.93. The van der Waals surface area contributed by atoms with Crippen LogP contribution in [0.4, 0.5) is 0 Å². The number of rotatable bonds is 11. The molecular weight excluding hydrogens is 1340 g/mol. The van der Waals surface area contributed by atoms with Crippen LogP contribution in [0, 0.1) is 0 Å². The van der Waals surface area contributed by atoms with Crippen molar-refractivity contribution in [2.75, 3.05) is 0 Å². The Hall–Kier alpha value is -14.5. The van der Waals surface area contributed by atoms with E-state index in [1.165, 1.54) is 63.8 Å². The maximum absolute atomic E-state index is 5.93. The SMILES string of the molecule is c1ccc([Si](c2ccccc2)(c2ccccc2)c2ccc(-c3nc(-n4c5ccc(-n6c7ccccc7c7ccccc76)cc5c5cc(-n6c7ccccc7c7ccccc76)ccc54)nc(-n4c5ccc(-n6c7ccccc7c7ccccc76)cc5c5cc(-n6c7ccccc7c7ccccc76)ccc54)n3)cc2)cc1. The molecule has 0 bridgehead atoms. The van der Waals surface area contributed by atoms with Gasteiger partial charge in [0.2, 0.25) is 11.9 Å². The van der Waals surface area contributed by atoms with Gasteiger partial charge < -0.3 is 18.3 Å². The van der Waals surface area contributed by atoms with Crippen LogP contribution in [0.2, 0.25) is 0 Å². The lowest BCUT2D eigenvalue weighted by molar-refractivity contribution is 0.892. The number of fused-ring (bicyclic) bond motifs is 18. The Morgan fingerprint density at radius 2 is 0.376 bits per heavy atom. The number of aromatic nitrogens is 9. The Bertz CT molecular complexity index is 6650. The molecule has 23 rings (SSSR count). The van der Waals surface area contributed by atoms with Gasteiger partial charge in [0.1, 0.15) is 0 Å². The number of benzene rings is 16. The highest BCUT2D eigenvalue weighted by molar-refractivity contribution is 7.19. The van der Waals surface area contributed by atoms with Crippen LogP contribution in [0.3, 0.4) is 0 Å². The molecule has 0 fully saturated rings. The van der Waals surface area contributed by atoms with Crippen molar-refractivity contribution in [3.63, 3.8) is 0 Å². The molecule has 23 aromatic rings. The van der Waals surface area contributed by atoms with E-state index in [2.05, 4.69) is 410 Å². The van der Waals surface area contributed by atoms with E-state index in [1.54, 1.807) is 0 Å². The second kappa shape index (κ2) is 23.8. The fourth-order valence-corrected chi connectivity index (χ4v) is 23.1. The quantitative estimate of drug-likeness (QED) is 0.0957. The van der Waals surface area contributed by atoms with Gasteiger partial charge in [0.25, 0.3) is 0 Å². The van der Waals surface area contributed by atoms with E-state index in [-0.39, 0.29) is 0 Å². The summed E-state index contributed by atoms with van der Waals surface area (Å²) in [5, 5.41) is 19.0. The standard InChI is InChI=1S/C99H63N9Si/c1-4-26-69(27-5-1)109(70-28-6-2-7-29-70,71-30-8-3-9-31-71)72-54-48-64(49-55-72)97-100-98(107-93-56-50-65(103-85-40-18-10-32-73(85)74-33-11-19-41-86(74)103)60-81(93)82-61-66(51-57-94(82)107)104-87-42-20-12-34-75(87)76-35-13-21-43-88(76)104)102-99(101-97)108-95-58-52-67(105-89-44-22-14-36-77(89)78-37-15-23-45-90(78)105)62-83(95)84-63-68(53-59-96(84)108)106-91-46-24-16-38-79(91)80-39-17-25-47-92(80)106/h1-63H. The molecule has 0 aliphatic carbocycles. The molecule has 7 heterocycles. The molecule has 0 saturated heterocycles. The monoisotopic (exact) mass is 1410 g/mol. The van der Waals surface area contributed by atoms with Gasteiger partial charge in [-0.1, -0.05) is 261 Å². The summed E-state index contributed by atoms with van der Waals surface area (Å²) in [6.07, 6.45) is 0. The molecule has 9 nitrogen and oxygen atoms in total. The Morgan fingerprint density at radius 3 is 0.624 bits per heavy atom. The van der Waals surface area contributed by atoms with Crippen molar-refractivity contribution in [1.82, 2.24) is 42.4 Å². The molecule has 0 spiro atoms. The summed E-state index contributed by atoms with van der Waals surface area (Å²) in [5.74, 6) is 1.51. The zero-order chi connectivity index (χ0) is 71.4. The molecule has 0 atom stereocenters. The van der Waals surface area contributed by atoms with Gasteiger partial charge in [-0.2, -0.15) is 15.0 Å². The van der Waals surface area contributed by atoms with Crippen molar-refractivity contribution in [3.8, 4) is 46.0 Å². The van der Waals surface area contributed by atoms with E-state index in [1.807, 2.05) is 0 Å². The highest BCUT2D eigenvalue weighted by atomic mass is 28.3. The normalized spacial score (nSPS) is 12.2. The van der Waals surface area contributed by atoms with Crippen molar-refractivity contribution < 1.29 is 0 Å². The van der Waals surface area contributed by atoms with Crippen LogP contribution >= 0.6 is 0 Å². The molecule has 0 unspecified atom stereocenters. The Balaban J connectivity index is 0.811. The average Bonchev–Trinajstić information content (AvgIpc) is 1.66. The zero-order valence-corrected chi connectivity index (χ0v) is 59.9. The van der Waals surface area contributed by atoms with E-state index in [0.717, 1.165) is 116 Å². The van der Waals surface area contributed by atoms with Crippen LogP contribution < -0.4 is 20.7 Å². The molecule has 10 heteroatoms. The number of nitrogens with zero attached hydrogens (tertiary/aromatic N) is 9. The van der Waals surface area contributed by atoms with Crippen molar-refractivity contribution >= 4 is 160 Å². The van der Waals surface area contributed by atoms with E-state index in [9.17, 15) is 0 Å². The molecule has 0 aliphatic rings. The lowest BCUT2D eigenvalue weighted by Gasteiger charge is -2.34. The molecule has 0 saturated carbocycles. The smallest absolute Gasteiger partial charge is 0.240 e. The molecule has 0 N–H and O–H groups in total. The Morgan fingerprint density at radius 1 is 0.165 bits per heavy atom. The minimum Gasteiger partial charge on any atom is -0.309 e. The van der Waals surface area contributed by atoms with E-state index in [4.69, 9.17) is 15.0 Å². The predicted octanol–water partition coefficient (Wildman–Crippen LogP) is 21.5. The highest BCUT2D eigenvalue weighted by Gasteiger charge is 2.41. The lowest BCUT2D eigenvalue weighted by atomic mass is 10.1. The van der Waals surface area contributed by atoms with Crippen LogP contribution in [0.1, 0.15) is 0 Å². The molecular formula is C99H63N9Si. The summed E-state index contributed by atoms with van der Waals surface area (Å²) in [7, 11) is -2.95. The first-order chi connectivity index (χ1) is 54.1. The van der Waals surface area contributed by atoms with Crippen molar-refractivity contribution in [3.05, 3.63) is 382 Å². The zero-order valence-electron chi connectivity index (χ0n) is 58.9. The first-order valence-electron chi connectivity index (χ1n) is 37.2. The van der Waals surface area contributed by atoms with Gasteiger partial charge in [-0.3, -0.25) is 9.13 Å². The van der Waals surface area contributed by atoms with Crippen molar-refractivity contribution in [2.45, 2.75) is 0 Å². The summed E-state index contributed by atoms with van der Waals surface area (Å²) in [6.45, 7) is 0. The topological polar surface area (TPSA) is 68.2 Å². The first-order valence-corrected chi connectivity index (χ1v) is 39.2. The maximum Gasteiger partial charge on any atom is 0.240 e. The van der Waals surface area contributed by atoms with Crippen LogP contribution in [0.15, 0.2) is 382 Å². The third-order valence-corrected chi connectivity index (χ3v) is 27.8. The summed E-state index contributed by atoms with van der Waals surface area (Å²) in [4.78, 5) is 17.6. The third-order valence-electron chi connectivity index (χ3n) is 23.0. The predicted molar refractivity (Wildman–Crippen MR) is 455 cm³/mol. The van der Waals surface area contributed by atoms with Crippen LogP contribution in [-0.2, 0) is 0 Å². The highest BCUT2D eigenvalue weighted by Crippen LogP contribution is 2.43. The summed E-state index contributed by atoms with van der Waals surface area (Å²) >= 11 is 0. The number of hydrogen-bond acceptors (Lipinski definition) is 3. The average molecular weight is 1410 g/mol. The molecule has 0 amide bonds. The fourth-order valence-electron chi connectivity index (χ4n) is 18.4. The van der Waals surface area contributed by atoms with Crippen molar-refractivity contribution in [2.24, 2.45) is 0 Å². The fraction of sp³-hybridized carbons (Fsp3) is 0. The third kappa shape index (κ3) is 8.98. The molecule has 16 aromatic carbocycles. The van der Waals surface area contributed by atoms with Gasteiger partial charge in [0.15, 0.2) is 13.9 Å². The van der Waals surface area contributed by atoms with Crippen LogP contribution in [0.5, 0.6) is 0 Å². The summed E-state index contributed by atoms with van der Waals surface area (Å²) < 4.78 is 14.2. The van der Waals surface area contributed by atoms with Crippen LogP contribution in [-0.4, -0.2) is 50.4 Å².